The van der Waals surface area contributed by atoms with E-state index in [0.717, 1.165) is 4.90 Å². The number of carbonyl (C=O) groups excluding carboxylic acids is 1. The van der Waals surface area contributed by atoms with Crippen molar-refractivity contribution in [2.24, 2.45) is 5.41 Å². The maximum atomic E-state index is 12.9. The first-order chi connectivity index (χ1) is 9.10. The predicted octanol–water partition coefficient (Wildman–Crippen LogP) is 1.67. The molecule has 0 aromatic rings. The van der Waals surface area contributed by atoms with Gasteiger partial charge in [-0.05, 0) is 20.3 Å². The summed E-state index contributed by atoms with van der Waals surface area (Å²) in [6.45, 7) is 2.64. The smallest absolute Gasteiger partial charge is 0.406 e. The highest BCUT2D eigenvalue weighted by molar-refractivity contribution is 5.81. The van der Waals surface area contributed by atoms with Crippen molar-refractivity contribution in [2.45, 2.75) is 39.0 Å². The Morgan fingerprint density at radius 1 is 1.40 bits per heavy atom. The minimum atomic E-state index is -4.87. The van der Waals surface area contributed by atoms with Gasteiger partial charge in [0.2, 0.25) is 5.91 Å². The van der Waals surface area contributed by atoms with Crippen molar-refractivity contribution in [1.29, 1.82) is 0 Å². The Bertz CT molecular complexity index is 383. The Kier molecular flexibility index (Phi) is 5.01. The molecule has 0 bridgehead atoms. The van der Waals surface area contributed by atoms with Crippen LogP contribution in [0.4, 0.5) is 13.2 Å². The Morgan fingerprint density at radius 3 is 2.40 bits per heavy atom. The molecule has 116 valence electrons. The summed E-state index contributed by atoms with van der Waals surface area (Å²) >= 11 is 0. The van der Waals surface area contributed by atoms with E-state index >= 15 is 0 Å². The highest BCUT2D eigenvalue weighted by Crippen LogP contribution is 2.45. The maximum Gasteiger partial charge on any atom is 0.406 e. The second kappa shape index (κ2) is 5.99. The molecule has 1 atom stereocenters. The van der Waals surface area contributed by atoms with Crippen molar-refractivity contribution in [1.82, 2.24) is 4.90 Å². The number of hydrogen-bond acceptors (Lipinski definition) is 3. The van der Waals surface area contributed by atoms with Crippen LogP contribution in [0.3, 0.4) is 0 Å². The third-order valence-electron chi connectivity index (χ3n) is 3.34. The molecule has 1 rings (SSSR count). The molecule has 0 radical (unpaired) electrons. The van der Waals surface area contributed by atoms with Gasteiger partial charge in [0.05, 0.1) is 19.1 Å². The number of likely N-dealkylation sites (tertiary alicyclic amines) is 1. The Labute approximate surface area is 114 Å². The fourth-order valence-corrected chi connectivity index (χ4v) is 2.09. The van der Waals surface area contributed by atoms with Crippen molar-refractivity contribution in [3.05, 3.63) is 0 Å². The van der Waals surface area contributed by atoms with Gasteiger partial charge >= 0.3 is 12.1 Å². The molecule has 1 aliphatic heterocycles. The standard InChI is InChI=1S/C12H18F3NO4/c1-8(2)20-6-3-9(17)16-5-4-11(7-16,10(18)19)12(13,14)15/h8H,3-7H2,1-2H3,(H,18,19). The summed E-state index contributed by atoms with van der Waals surface area (Å²) in [7, 11) is 0. The Morgan fingerprint density at radius 2 is 2.00 bits per heavy atom. The quantitative estimate of drug-likeness (QED) is 0.838. The number of amides is 1. The minimum absolute atomic E-state index is 0.0499. The molecule has 1 aliphatic rings. The molecule has 0 aromatic carbocycles. The maximum absolute atomic E-state index is 12.9. The van der Waals surface area contributed by atoms with Crippen LogP contribution < -0.4 is 0 Å². The first-order valence-corrected chi connectivity index (χ1v) is 6.29. The summed E-state index contributed by atoms with van der Waals surface area (Å²) in [5.74, 6) is -2.45. The van der Waals surface area contributed by atoms with Gasteiger partial charge in [0, 0.05) is 13.1 Å². The normalized spacial score (nSPS) is 23.4. The molecular formula is C12H18F3NO4. The molecule has 0 aromatic heterocycles. The lowest BCUT2D eigenvalue weighted by Crippen LogP contribution is -2.47. The number of rotatable bonds is 5. The summed E-state index contributed by atoms with van der Waals surface area (Å²) in [4.78, 5) is 23.7. The van der Waals surface area contributed by atoms with Gasteiger partial charge in [-0.2, -0.15) is 13.2 Å². The topological polar surface area (TPSA) is 66.8 Å². The molecule has 1 N–H and O–H groups in total. The molecule has 0 aliphatic carbocycles. The van der Waals surface area contributed by atoms with Crippen LogP contribution in [0.2, 0.25) is 0 Å². The van der Waals surface area contributed by atoms with E-state index in [0.29, 0.717) is 0 Å². The number of nitrogens with zero attached hydrogens (tertiary/aromatic N) is 1. The third kappa shape index (κ3) is 3.41. The Hall–Kier alpha value is -1.31. The van der Waals surface area contributed by atoms with E-state index in [2.05, 4.69) is 0 Å². The van der Waals surface area contributed by atoms with Gasteiger partial charge in [-0.1, -0.05) is 0 Å². The van der Waals surface area contributed by atoms with E-state index in [1.807, 2.05) is 0 Å². The highest BCUT2D eigenvalue weighted by atomic mass is 19.4. The Balaban J connectivity index is 2.65. The molecule has 5 nitrogen and oxygen atoms in total. The molecule has 0 spiro atoms. The molecular weight excluding hydrogens is 279 g/mol. The van der Waals surface area contributed by atoms with Gasteiger partial charge in [-0.15, -0.1) is 0 Å². The molecule has 8 heteroatoms. The van der Waals surface area contributed by atoms with Crippen molar-refractivity contribution in [2.75, 3.05) is 19.7 Å². The van der Waals surface area contributed by atoms with Crippen molar-refractivity contribution in [3.63, 3.8) is 0 Å². The monoisotopic (exact) mass is 297 g/mol. The largest absolute Gasteiger partial charge is 0.481 e. The average Bonchev–Trinajstić information content (AvgIpc) is 2.73. The van der Waals surface area contributed by atoms with Gasteiger partial charge in [0.25, 0.3) is 0 Å². The highest BCUT2D eigenvalue weighted by Gasteiger charge is 2.64. The number of halogens is 3. The molecule has 1 amide bonds. The molecule has 1 unspecified atom stereocenters. The number of ether oxygens (including phenoxy) is 1. The minimum Gasteiger partial charge on any atom is -0.481 e. The van der Waals surface area contributed by atoms with Crippen LogP contribution in [-0.2, 0) is 14.3 Å². The predicted molar refractivity (Wildman–Crippen MR) is 63.0 cm³/mol. The number of alkyl halides is 3. The SMILES string of the molecule is CC(C)OCCC(=O)N1CCC(C(=O)O)(C(F)(F)F)C1. The summed E-state index contributed by atoms with van der Waals surface area (Å²) < 4.78 is 43.9. The van der Waals surface area contributed by atoms with Crippen LogP contribution in [0.25, 0.3) is 0 Å². The lowest BCUT2D eigenvalue weighted by Gasteiger charge is -2.27. The van der Waals surface area contributed by atoms with E-state index in [9.17, 15) is 22.8 Å². The molecule has 1 heterocycles. The first kappa shape index (κ1) is 16.7. The number of carboxylic acid groups (broad SMARTS) is 1. The van der Waals surface area contributed by atoms with Crippen molar-refractivity contribution in [3.8, 4) is 0 Å². The first-order valence-electron chi connectivity index (χ1n) is 6.29. The summed E-state index contributed by atoms with van der Waals surface area (Å²) in [5.41, 5.74) is -2.85. The van der Waals surface area contributed by atoms with Gasteiger partial charge in [0.1, 0.15) is 0 Å². The second-order valence-corrected chi connectivity index (χ2v) is 5.12. The zero-order chi connectivity index (χ0) is 15.6. The fraction of sp³-hybridized carbons (Fsp3) is 0.833. The molecule has 1 saturated heterocycles. The summed E-state index contributed by atoms with van der Waals surface area (Å²) in [6.07, 6.45) is -5.61. The number of aliphatic carboxylic acids is 1. The summed E-state index contributed by atoms with van der Waals surface area (Å²) in [5, 5.41) is 8.87. The third-order valence-corrected chi connectivity index (χ3v) is 3.34. The zero-order valence-corrected chi connectivity index (χ0v) is 11.4. The lowest BCUT2D eigenvalue weighted by molar-refractivity contribution is -0.227. The van der Waals surface area contributed by atoms with Crippen LogP contribution >= 0.6 is 0 Å². The van der Waals surface area contributed by atoms with E-state index < -0.39 is 36.4 Å². The van der Waals surface area contributed by atoms with Crippen LogP contribution in [-0.4, -0.2) is 53.9 Å². The van der Waals surface area contributed by atoms with Crippen LogP contribution in [0.1, 0.15) is 26.7 Å². The summed E-state index contributed by atoms with van der Waals surface area (Å²) in [6, 6.07) is 0. The number of hydrogen-bond donors (Lipinski definition) is 1. The zero-order valence-electron chi connectivity index (χ0n) is 11.4. The molecule has 1 fully saturated rings. The average molecular weight is 297 g/mol. The second-order valence-electron chi connectivity index (χ2n) is 5.12. The van der Waals surface area contributed by atoms with E-state index in [1.54, 1.807) is 13.8 Å². The molecule has 0 saturated carbocycles. The van der Waals surface area contributed by atoms with E-state index in [4.69, 9.17) is 9.84 Å². The van der Waals surface area contributed by atoms with Gasteiger partial charge < -0.3 is 14.7 Å². The van der Waals surface area contributed by atoms with Crippen LogP contribution in [0, 0.1) is 5.41 Å². The molecule has 20 heavy (non-hydrogen) atoms. The number of carbonyl (C=O) groups is 2. The van der Waals surface area contributed by atoms with Gasteiger partial charge in [-0.25, -0.2) is 0 Å². The van der Waals surface area contributed by atoms with Crippen molar-refractivity contribution < 1.29 is 32.6 Å². The van der Waals surface area contributed by atoms with E-state index in [-0.39, 0.29) is 25.7 Å². The van der Waals surface area contributed by atoms with Gasteiger partial charge in [-0.3, -0.25) is 9.59 Å². The van der Waals surface area contributed by atoms with Crippen LogP contribution in [0.5, 0.6) is 0 Å². The van der Waals surface area contributed by atoms with E-state index in [1.165, 1.54) is 0 Å². The lowest BCUT2D eigenvalue weighted by atomic mass is 9.86. The van der Waals surface area contributed by atoms with Crippen molar-refractivity contribution >= 4 is 11.9 Å². The number of carboxylic acids is 1. The van der Waals surface area contributed by atoms with Gasteiger partial charge in [0.15, 0.2) is 5.41 Å². The van der Waals surface area contributed by atoms with Crippen LogP contribution in [0.15, 0.2) is 0 Å². The fourth-order valence-electron chi connectivity index (χ4n) is 2.09.